The molecule has 1 amide bonds. The number of nitrogens with zero attached hydrogens (tertiary/aromatic N) is 3. The number of para-hydroxylation sites is 1. The Kier molecular flexibility index (Phi) is 4.28. The summed E-state index contributed by atoms with van der Waals surface area (Å²) in [6.45, 7) is 5.90. The summed E-state index contributed by atoms with van der Waals surface area (Å²) in [6, 6.07) is 17.2. The van der Waals surface area contributed by atoms with E-state index in [-0.39, 0.29) is 5.91 Å². The fourth-order valence-electron chi connectivity index (χ4n) is 3.58. The molecule has 1 saturated heterocycles. The number of hydrogen-bond acceptors (Lipinski definition) is 3. The van der Waals surface area contributed by atoms with Gasteiger partial charge in [0, 0.05) is 11.3 Å². The van der Waals surface area contributed by atoms with Gasteiger partial charge in [0.25, 0.3) is 5.91 Å². The summed E-state index contributed by atoms with van der Waals surface area (Å²) in [6.07, 6.45) is 0. The van der Waals surface area contributed by atoms with Crippen LogP contribution in [-0.4, -0.2) is 20.8 Å². The van der Waals surface area contributed by atoms with Crippen molar-refractivity contribution in [2.45, 2.75) is 26.8 Å². The first-order valence-corrected chi connectivity index (χ1v) is 9.21. The summed E-state index contributed by atoms with van der Waals surface area (Å²) in [7, 11) is 0. The van der Waals surface area contributed by atoms with E-state index in [4.69, 9.17) is 12.2 Å². The molecule has 1 N–H and O–H groups in total. The monoisotopic (exact) mass is 376 g/mol. The first-order chi connectivity index (χ1) is 13.0. The minimum atomic E-state index is -0.532. The van der Waals surface area contributed by atoms with Crippen molar-refractivity contribution in [2.24, 2.45) is 0 Å². The zero-order valence-corrected chi connectivity index (χ0v) is 16.2. The van der Waals surface area contributed by atoms with Crippen LogP contribution in [0.15, 0.2) is 54.6 Å². The lowest BCUT2D eigenvalue weighted by atomic mass is 10.0. The molecule has 0 spiro atoms. The van der Waals surface area contributed by atoms with E-state index in [9.17, 15) is 4.79 Å². The molecule has 27 heavy (non-hydrogen) atoms. The number of carbonyl (C=O) groups excluding carboxylic acids is 1. The van der Waals surface area contributed by atoms with Gasteiger partial charge in [0.05, 0.1) is 17.1 Å². The molecule has 136 valence electrons. The Morgan fingerprint density at radius 3 is 2.41 bits per heavy atom. The van der Waals surface area contributed by atoms with Gasteiger partial charge in [-0.15, -0.1) is 0 Å². The molecule has 6 heteroatoms. The van der Waals surface area contributed by atoms with Gasteiger partial charge in [-0.2, -0.15) is 5.10 Å². The van der Waals surface area contributed by atoms with Crippen LogP contribution in [-0.2, 0) is 4.79 Å². The molecular weight excluding hydrogens is 356 g/mol. The van der Waals surface area contributed by atoms with E-state index >= 15 is 0 Å². The number of aryl methyl sites for hydroxylation is 2. The molecule has 1 aliphatic heterocycles. The first kappa shape index (κ1) is 17.4. The minimum absolute atomic E-state index is 0.0792. The summed E-state index contributed by atoms with van der Waals surface area (Å²) in [5.74, 6) is -0.0792. The topological polar surface area (TPSA) is 50.2 Å². The Morgan fingerprint density at radius 1 is 1.00 bits per heavy atom. The van der Waals surface area contributed by atoms with E-state index in [1.54, 1.807) is 4.90 Å². The van der Waals surface area contributed by atoms with Crippen LogP contribution in [0.25, 0.3) is 5.69 Å². The van der Waals surface area contributed by atoms with Crippen LogP contribution in [0.3, 0.4) is 0 Å². The molecule has 2 aromatic carbocycles. The van der Waals surface area contributed by atoms with Crippen molar-refractivity contribution in [3.05, 3.63) is 77.1 Å². The molecule has 1 fully saturated rings. The molecule has 0 unspecified atom stereocenters. The number of carbonyl (C=O) groups is 1. The summed E-state index contributed by atoms with van der Waals surface area (Å²) >= 11 is 5.47. The average molecular weight is 376 g/mol. The average Bonchev–Trinajstić information content (AvgIpc) is 3.10. The molecule has 0 bridgehead atoms. The molecule has 1 atom stereocenters. The molecule has 3 aromatic rings. The maximum atomic E-state index is 13.2. The fourth-order valence-corrected chi connectivity index (χ4v) is 3.89. The van der Waals surface area contributed by atoms with Gasteiger partial charge >= 0.3 is 0 Å². The normalized spacial score (nSPS) is 16.7. The summed E-state index contributed by atoms with van der Waals surface area (Å²) in [5, 5.41) is 8.27. The maximum absolute atomic E-state index is 13.2. The maximum Gasteiger partial charge on any atom is 0.260 e. The predicted molar refractivity (Wildman–Crippen MR) is 110 cm³/mol. The highest BCUT2D eigenvalue weighted by atomic mass is 32.1. The van der Waals surface area contributed by atoms with E-state index in [1.807, 2.05) is 80.1 Å². The number of amides is 1. The molecular formula is C21H20N4OS. The Bertz CT molecular complexity index is 1040. The van der Waals surface area contributed by atoms with E-state index in [2.05, 4.69) is 10.4 Å². The number of nitrogens with one attached hydrogen (secondary N) is 1. The van der Waals surface area contributed by atoms with Crippen molar-refractivity contribution in [3.8, 4) is 5.69 Å². The van der Waals surface area contributed by atoms with Crippen molar-refractivity contribution in [3.63, 3.8) is 0 Å². The van der Waals surface area contributed by atoms with Crippen LogP contribution >= 0.6 is 12.2 Å². The second-order valence-corrected chi connectivity index (χ2v) is 7.11. The van der Waals surface area contributed by atoms with Gasteiger partial charge in [-0.1, -0.05) is 30.3 Å². The molecule has 1 aromatic heterocycles. The van der Waals surface area contributed by atoms with Crippen LogP contribution < -0.4 is 10.2 Å². The summed E-state index contributed by atoms with van der Waals surface area (Å²) in [5.41, 5.74) is 5.45. The van der Waals surface area contributed by atoms with Crippen molar-refractivity contribution in [2.75, 3.05) is 4.90 Å². The third kappa shape index (κ3) is 2.92. The van der Waals surface area contributed by atoms with Crippen molar-refractivity contribution in [1.29, 1.82) is 0 Å². The molecule has 4 rings (SSSR count). The number of hydrogen-bond donors (Lipinski definition) is 1. The SMILES string of the molecule is Cc1cccc(N2C(=O)[C@H](c3c(C)nn(-c4ccccc4)c3C)NC2=S)c1. The van der Waals surface area contributed by atoms with E-state index in [0.717, 1.165) is 33.9 Å². The number of benzene rings is 2. The van der Waals surface area contributed by atoms with Gasteiger partial charge < -0.3 is 5.32 Å². The van der Waals surface area contributed by atoms with Gasteiger partial charge in [0.2, 0.25) is 0 Å². The third-order valence-corrected chi connectivity index (χ3v) is 5.14. The van der Waals surface area contributed by atoms with Crippen molar-refractivity contribution >= 4 is 28.9 Å². The second-order valence-electron chi connectivity index (χ2n) is 6.73. The molecule has 1 aliphatic rings. The number of anilines is 1. The number of rotatable bonds is 3. The molecule has 0 aliphatic carbocycles. The lowest BCUT2D eigenvalue weighted by Gasteiger charge is -2.15. The predicted octanol–water partition coefficient (Wildman–Crippen LogP) is 3.76. The highest BCUT2D eigenvalue weighted by Gasteiger charge is 2.40. The highest BCUT2D eigenvalue weighted by molar-refractivity contribution is 7.80. The van der Waals surface area contributed by atoms with Gasteiger partial charge in [-0.05, 0) is 62.8 Å². The third-order valence-electron chi connectivity index (χ3n) is 4.83. The van der Waals surface area contributed by atoms with Gasteiger partial charge in [0.15, 0.2) is 5.11 Å². The first-order valence-electron chi connectivity index (χ1n) is 8.80. The molecule has 5 nitrogen and oxygen atoms in total. The van der Waals surface area contributed by atoms with E-state index in [1.165, 1.54) is 0 Å². The Balaban J connectivity index is 1.74. The van der Waals surface area contributed by atoms with Crippen LogP contribution in [0, 0.1) is 20.8 Å². The Labute approximate surface area is 163 Å². The lowest BCUT2D eigenvalue weighted by Crippen LogP contribution is -2.30. The number of thiocarbonyl (C=S) groups is 1. The highest BCUT2D eigenvalue weighted by Crippen LogP contribution is 2.31. The zero-order chi connectivity index (χ0) is 19.1. The summed E-state index contributed by atoms with van der Waals surface area (Å²) in [4.78, 5) is 14.8. The van der Waals surface area contributed by atoms with Crippen LogP contribution in [0.1, 0.15) is 28.6 Å². The second kappa shape index (κ2) is 6.63. The fraction of sp³-hybridized carbons (Fsp3) is 0.190. The smallest absolute Gasteiger partial charge is 0.260 e. The van der Waals surface area contributed by atoms with Crippen LogP contribution in [0.2, 0.25) is 0 Å². The molecule has 0 saturated carbocycles. The Morgan fingerprint density at radius 2 is 1.70 bits per heavy atom. The van der Waals surface area contributed by atoms with E-state index in [0.29, 0.717) is 5.11 Å². The van der Waals surface area contributed by atoms with E-state index < -0.39 is 6.04 Å². The van der Waals surface area contributed by atoms with Gasteiger partial charge in [-0.25, -0.2) is 4.68 Å². The molecule has 0 radical (unpaired) electrons. The summed E-state index contributed by atoms with van der Waals surface area (Å²) < 4.78 is 1.87. The standard InChI is InChI=1S/C21H20N4OS/c1-13-8-7-11-17(12-13)24-20(26)19(22-21(24)27)18-14(2)23-25(15(18)3)16-9-5-4-6-10-16/h4-12,19H,1-3H3,(H,22,27)/t19-/m0/s1. The molecule has 2 heterocycles. The van der Waals surface area contributed by atoms with Crippen molar-refractivity contribution in [1.82, 2.24) is 15.1 Å². The number of aromatic nitrogens is 2. The Hall–Kier alpha value is -2.99. The minimum Gasteiger partial charge on any atom is -0.346 e. The van der Waals surface area contributed by atoms with Crippen molar-refractivity contribution < 1.29 is 4.79 Å². The van der Waals surface area contributed by atoms with Crippen LogP contribution in [0.4, 0.5) is 5.69 Å². The van der Waals surface area contributed by atoms with Crippen LogP contribution in [0.5, 0.6) is 0 Å². The zero-order valence-electron chi connectivity index (χ0n) is 15.4. The lowest BCUT2D eigenvalue weighted by molar-refractivity contribution is -0.118. The van der Waals surface area contributed by atoms with Gasteiger partial charge in [0.1, 0.15) is 6.04 Å². The largest absolute Gasteiger partial charge is 0.346 e. The van der Waals surface area contributed by atoms with Gasteiger partial charge in [-0.3, -0.25) is 9.69 Å². The quantitative estimate of drug-likeness (QED) is 0.707.